The maximum atomic E-state index is 12.5. The first-order chi connectivity index (χ1) is 12.6. The highest BCUT2D eigenvalue weighted by Gasteiger charge is 2.30. The maximum absolute atomic E-state index is 12.5. The van der Waals surface area contributed by atoms with Gasteiger partial charge < -0.3 is 8.98 Å². The molecule has 1 fully saturated rings. The molecule has 2 aromatic heterocycles. The zero-order valence-corrected chi connectivity index (χ0v) is 16.2. The normalized spacial score (nSPS) is 15.9. The van der Waals surface area contributed by atoms with Crippen LogP contribution >= 0.6 is 11.8 Å². The molecule has 0 aliphatic carbocycles. The molecule has 0 unspecified atom stereocenters. The summed E-state index contributed by atoms with van der Waals surface area (Å²) in [6.07, 6.45) is 1.83. The number of imidazole rings is 1. The number of para-hydroxylation sites is 2. The van der Waals surface area contributed by atoms with Crippen LogP contribution in [0, 0.1) is 0 Å². The van der Waals surface area contributed by atoms with E-state index in [1.54, 1.807) is 23.9 Å². The highest BCUT2D eigenvalue weighted by atomic mass is 32.2. The molecule has 4 rings (SSSR count). The van der Waals surface area contributed by atoms with Gasteiger partial charge in [0.1, 0.15) is 5.76 Å². The molecule has 0 amide bonds. The van der Waals surface area contributed by atoms with Crippen LogP contribution in [0.4, 0.5) is 0 Å². The fourth-order valence-corrected chi connectivity index (χ4v) is 5.65. The van der Waals surface area contributed by atoms with Gasteiger partial charge >= 0.3 is 0 Å². The SMILES string of the molecule is CCn1c(SCc2ccc(S(=O)(=O)N3CCCC3)o2)nc2ccccc21. The molecule has 26 heavy (non-hydrogen) atoms. The molecule has 0 spiro atoms. The second kappa shape index (κ2) is 7.09. The Bertz CT molecular complexity index is 1020. The van der Waals surface area contributed by atoms with Gasteiger partial charge in [-0.3, -0.25) is 0 Å². The second-order valence-electron chi connectivity index (χ2n) is 6.25. The van der Waals surface area contributed by atoms with Gasteiger partial charge in [0.2, 0.25) is 5.09 Å². The van der Waals surface area contributed by atoms with Crippen molar-refractivity contribution in [3.05, 3.63) is 42.2 Å². The number of hydrogen-bond acceptors (Lipinski definition) is 5. The van der Waals surface area contributed by atoms with Crippen molar-refractivity contribution in [2.24, 2.45) is 0 Å². The van der Waals surface area contributed by atoms with Gasteiger partial charge in [-0.05, 0) is 44.0 Å². The largest absolute Gasteiger partial charge is 0.447 e. The highest BCUT2D eigenvalue weighted by Crippen LogP contribution is 2.29. The molecule has 3 heterocycles. The van der Waals surface area contributed by atoms with Crippen LogP contribution in [0.1, 0.15) is 25.5 Å². The number of rotatable bonds is 6. The third-order valence-corrected chi connectivity index (χ3v) is 7.35. The van der Waals surface area contributed by atoms with Gasteiger partial charge in [0, 0.05) is 19.6 Å². The van der Waals surface area contributed by atoms with Gasteiger partial charge in [0.15, 0.2) is 5.16 Å². The number of sulfonamides is 1. The number of aromatic nitrogens is 2. The van der Waals surface area contributed by atoms with E-state index in [-0.39, 0.29) is 5.09 Å². The Morgan fingerprint density at radius 3 is 2.69 bits per heavy atom. The first kappa shape index (κ1) is 17.6. The molecule has 1 aliphatic rings. The lowest BCUT2D eigenvalue weighted by Crippen LogP contribution is -2.27. The van der Waals surface area contributed by atoms with Gasteiger partial charge in [0.05, 0.1) is 16.8 Å². The summed E-state index contributed by atoms with van der Waals surface area (Å²) in [7, 11) is -3.50. The number of benzene rings is 1. The van der Waals surface area contributed by atoms with E-state index >= 15 is 0 Å². The number of thioether (sulfide) groups is 1. The lowest BCUT2D eigenvalue weighted by atomic mass is 10.3. The molecule has 1 aromatic carbocycles. The van der Waals surface area contributed by atoms with Crippen LogP contribution in [-0.2, 0) is 22.3 Å². The Morgan fingerprint density at radius 1 is 1.15 bits per heavy atom. The standard InChI is InChI=1S/C18H21N3O3S2/c1-2-21-16-8-4-3-7-15(16)19-18(21)25-13-14-9-10-17(24-14)26(22,23)20-11-5-6-12-20/h3-4,7-10H,2,5-6,11-13H2,1H3. The molecule has 3 aromatic rings. The zero-order chi connectivity index (χ0) is 18.1. The second-order valence-corrected chi connectivity index (χ2v) is 9.06. The third-order valence-electron chi connectivity index (χ3n) is 4.58. The quantitative estimate of drug-likeness (QED) is 0.599. The summed E-state index contributed by atoms with van der Waals surface area (Å²) in [5.74, 6) is 1.18. The number of aryl methyl sites for hydroxylation is 1. The van der Waals surface area contributed by atoms with Crippen molar-refractivity contribution in [3.63, 3.8) is 0 Å². The van der Waals surface area contributed by atoms with Crippen LogP contribution in [0.5, 0.6) is 0 Å². The van der Waals surface area contributed by atoms with Crippen LogP contribution in [0.2, 0.25) is 0 Å². The highest BCUT2D eigenvalue weighted by molar-refractivity contribution is 7.98. The molecule has 0 atom stereocenters. The molecule has 0 bridgehead atoms. The average Bonchev–Trinajstić information content (AvgIpc) is 3.38. The Hall–Kier alpha value is -1.77. The van der Waals surface area contributed by atoms with Crippen molar-refractivity contribution in [1.29, 1.82) is 0 Å². The average molecular weight is 392 g/mol. The Balaban J connectivity index is 1.52. The van der Waals surface area contributed by atoms with E-state index in [4.69, 9.17) is 4.42 Å². The molecule has 138 valence electrons. The Labute approximate surface area is 157 Å². The number of furan rings is 1. The summed E-state index contributed by atoms with van der Waals surface area (Å²) in [6, 6.07) is 11.3. The van der Waals surface area contributed by atoms with Crippen molar-refractivity contribution in [1.82, 2.24) is 13.9 Å². The molecule has 1 aliphatic heterocycles. The minimum Gasteiger partial charge on any atom is -0.447 e. The maximum Gasteiger partial charge on any atom is 0.276 e. The van der Waals surface area contributed by atoms with Gasteiger partial charge in [-0.25, -0.2) is 13.4 Å². The molecular formula is C18H21N3O3S2. The minimum atomic E-state index is -3.50. The van der Waals surface area contributed by atoms with Gasteiger partial charge in [-0.1, -0.05) is 23.9 Å². The molecule has 0 radical (unpaired) electrons. The summed E-state index contributed by atoms with van der Waals surface area (Å²) < 4.78 is 34.4. The topological polar surface area (TPSA) is 68.3 Å². The van der Waals surface area contributed by atoms with Crippen molar-refractivity contribution >= 4 is 32.8 Å². The van der Waals surface area contributed by atoms with Crippen LogP contribution in [-0.4, -0.2) is 35.4 Å². The lowest BCUT2D eigenvalue weighted by Gasteiger charge is -2.12. The summed E-state index contributed by atoms with van der Waals surface area (Å²) in [4.78, 5) is 4.67. The van der Waals surface area contributed by atoms with Gasteiger partial charge in [-0.15, -0.1) is 0 Å². The molecule has 1 saturated heterocycles. The van der Waals surface area contributed by atoms with E-state index in [1.165, 1.54) is 4.31 Å². The summed E-state index contributed by atoms with van der Waals surface area (Å²) in [5.41, 5.74) is 2.07. The minimum absolute atomic E-state index is 0.0407. The first-order valence-corrected chi connectivity index (χ1v) is 11.2. The van der Waals surface area contributed by atoms with Crippen LogP contribution in [0.3, 0.4) is 0 Å². The number of fused-ring (bicyclic) bond motifs is 1. The van der Waals surface area contributed by atoms with Crippen molar-refractivity contribution < 1.29 is 12.8 Å². The lowest BCUT2D eigenvalue weighted by molar-refractivity contribution is 0.397. The fraction of sp³-hybridized carbons (Fsp3) is 0.389. The third kappa shape index (κ3) is 3.17. The van der Waals surface area contributed by atoms with E-state index in [0.717, 1.165) is 35.6 Å². The van der Waals surface area contributed by atoms with E-state index < -0.39 is 10.0 Å². The fourth-order valence-electron chi connectivity index (χ4n) is 3.24. The Morgan fingerprint density at radius 2 is 1.92 bits per heavy atom. The van der Waals surface area contributed by atoms with Crippen molar-refractivity contribution in [2.75, 3.05) is 13.1 Å². The van der Waals surface area contributed by atoms with E-state index in [1.807, 2.05) is 18.2 Å². The van der Waals surface area contributed by atoms with Crippen LogP contribution in [0.15, 0.2) is 51.1 Å². The smallest absolute Gasteiger partial charge is 0.276 e. The summed E-state index contributed by atoms with van der Waals surface area (Å²) in [5, 5.41) is 0.952. The van der Waals surface area contributed by atoms with Crippen LogP contribution < -0.4 is 0 Å². The summed E-state index contributed by atoms with van der Waals surface area (Å²) >= 11 is 1.56. The number of hydrogen-bond donors (Lipinski definition) is 0. The molecule has 0 saturated carbocycles. The van der Waals surface area contributed by atoms with Crippen molar-refractivity contribution in [2.45, 2.75) is 42.3 Å². The van der Waals surface area contributed by atoms with Crippen LogP contribution in [0.25, 0.3) is 11.0 Å². The molecule has 6 nitrogen and oxygen atoms in total. The zero-order valence-electron chi connectivity index (χ0n) is 14.6. The van der Waals surface area contributed by atoms with Crippen molar-refractivity contribution in [3.8, 4) is 0 Å². The predicted molar refractivity (Wildman–Crippen MR) is 102 cm³/mol. The Kier molecular flexibility index (Phi) is 4.81. The predicted octanol–water partition coefficient (Wildman–Crippen LogP) is 3.73. The van der Waals surface area contributed by atoms with Gasteiger partial charge in [-0.2, -0.15) is 4.31 Å². The monoisotopic (exact) mass is 391 g/mol. The molecule has 8 heteroatoms. The number of nitrogens with zero attached hydrogens (tertiary/aromatic N) is 3. The van der Waals surface area contributed by atoms with Gasteiger partial charge in [0.25, 0.3) is 10.0 Å². The van der Waals surface area contributed by atoms with E-state index in [9.17, 15) is 8.42 Å². The summed E-state index contributed by atoms with van der Waals surface area (Å²) in [6.45, 7) is 4.07. The molecule has 0 N–H and O–H groups in total. The first-order valence-electron chi connectivity index (χ1n) is 8.76. The van der Waals surface area contributed by atoms with E-state index in [0.29, 0.717) is 24.6 Å². The molecular weight excluding hydrogens is 370 g/mol. The van der Waals surface area contributed by atoms with E-state index in [2.05, 4.69) is 22.5 Å².